The van der Waals surface area contributed by atoms with Crippen LogP contribution in [0.2, 0.25) is 10.0 Å². The van der Waals surface area contributed by atoms with Gasteiger partial charge >= 0.3 is 12.0 Å². The van der Waals surface area contributed by atoms with E-state index in [0.717, 1.165) is 5.56 Å². The Balaban J connectivity index is 2.87. The second-order valence-electron chi connectivity index (χ2n) is 4.85. The van der Waals surface area contributed by atoms with Gasteiger partial charge in [-0.2, -0.15) is 0 Å². The topological polar surface area (TPSA) is 78.4 Å². The molecule has 0 heterocycles. The molecule has 21 heavy (non-hydrogen) atoms. The third kappa shape index (κ3) is 4.51. The van der Waals surface area contributed by atoms with Gasteiger partial charge in [-0.1, -0.05) is 49.5 Å². The summed E-state index contributed by atoms with van der Waals surface area (Å²) in [6, 6.07) is 1.71. The molecule has 1 rings (SSSR count). The zero-order valence-electron chi connectivity index (χ0n) is 12.0. The van der Waals surface area contributed by atoms with Gasteiger partial charge in [-0.25, -0.2) is 9.59 Å². The first-order valence-corrected chi connectivity index (χ1v) is 7.28. The van der Waals surface area contributed by atoms with E-state index in [1.165, 1.54) is 0 Å². The monoisotopic (exact) mass is 332 g/mol. The highest BCUT2D eigenvalue weighted by Gasteiger charge is 2.25. The SMILES string of the molecule is CCC(C)C(NC(=O)Nc1c(Cl)ccc(C)c1Cl)C(=O)O. The molecule has 5 nitrogen and oxygen atoms in total. The Morgan fingerprint density at radius 3 is 2.48 bits per heavy atom. The highest BCUT2D eigenvalue weighted by Crippen LogP contribution is 2.32. The minimum atomic E-state index is -1.08. The number of anilines is 1. The zero-order chi connectivity index (χ0) is 16.2. The molecule has 7 heteroatoms. The summed E-state index contributed by atoms with van der Waals surface area (Å²) < 4.78 is 0. The third-order valence-electron chi connectivity index (χ3n) is 3.29. The molecule has 0 bridgehead atoms. The smallest absolute Gasteiger partial charge is 0.326 e. The van der Waals surface area contributed by atoms with Gasteiger partial charge in [0, 0.05) is 0 Å². The van der Waals surface area contributed by atoms with Crippen LogP contribution in [-0.2, 0) is 4.79 Å². The second-order valence-corrected chi connectivity index (χ2v) is 5.64. The van der Waals surface area contributed by atoms with Crippen molar-refractivity contribution in [2.45, 2.75) is 33.2 Å². The Morgan fingerprint density at radius 1 is 1.33 bits per heavy atom. The predicted octanol–water partition coefficient (Wildman–Crippen LogP) is 3.92. The lowest BCUT2D eigenvalue weighted by molar-refractivity contribution is -0.140. The Morgan fingerprint density at radius 2 is 1.95 bits per heavy atom. The number of hydrogen-bond acceptors (Lipinski definition) is 2. The molecule has 1 aromatic carbocycles. The largest absolute Gasteiger partial charge is 0.480 e. The number of halogens is 2. The van der Waals surface area contributed by atoms with Crippen LogP contribution >= 0.6 is 23.2 Å². The van der Waals surface area contributed by atoms with Crippen LogP contribution in [-0.4, -0.2) is 23.1 Å². The molecule has 0 aliphatic heterocycles. The summed E-state index contributed by atoms with van der Waals surface area (Å²) in [6.45, 7) is 5.39. The maximum Gasteiger partial charge on any atom is 0.326 e. The van der Waals surface area contributed by atoms with Crippen LogP contribution in [0.5, 0.6) is 0 Å². The molecule has 0 aliphatic rings. The van der Waals surface area contributed by atoms with Gasteiger partial charge in [0.1, 0.15) is 6.04 Å². The number of carboxylic acids is 1. The van der Waals surface area contributed by atoms with Crippen LogP contribution in [0.3, 0.4) is 0 Å². The van der Waals surface area contributed by atoms with E-state index >= 15 is 0 Å². The molecule has 0 saturated heterocycles. The summed E-state index contributed by atoms with van der Waals surface area (Å²) in [5.74, 6) is -1.28. The van der Waals surface area contributed by atoms with Crippen molar-refractivity contribution in [3.8, 4) is 0 Å². The lowest BCUT2D eigenvalue weighted by Crippen LogP contribution is -2.46. The van der Waals surface area contributed by atoms with Crippen molar-refractivity contribution in [2.24, 2.45) is 5.92 Å². The van der Waals surface area contributed by atoms with E-state index in [1.54, 1.807) is 26.0 Å². The molecule has 0 saturated carbocycles. The van der Waals surface area contributed by atoms with Crippen molar-refractivity contribution in [2.75, 3.05) is 5.32 Å². The Labute approximate surface area is 133 Å². The van der Waals surface area contributed by atoms with Gasteiger partial charge in [0.25, 0.3) is 0 Å². The van der Waals surface area contributed by atoms with E-state index in [0.29, 0.717) is 11.4 Å². The molecule has 0 spiro atoms. The van der Waals surface area contributed by atoms with Gasteiger partial charge in [-0.3, -0.25) is 0 Å². The van der Waals surface area contributed by atoms with Crippen LogP contribution in [0, 0.1) is 12.8 Å². The summed E-state index contributed by atoms with van der Waals surface area (Å²) in [5, 5.41) is 14.7. The first-order valence-electron chi connectivity index (χ1n) is 6.52. The van der Waals surface area contributed by atoms with E-state index in [4.69, 9.17) is 28.3 Å². The van der Waals surface area contributed by atoms with Crippen molar-refractivity contribution in [1.82, 2.24) is 5.32 Å². The van der Waals surface area contributed by atoms with Crippen molar-refractivity contribution >= 4 is 40.9 Å². The van der Waals surface area contributed by atoms with Crippen LogP contribution in [0.4, 0.5) is 10.5 Å². The summed E-state index contributed by atoms with van der Waals surface area (Å²) in [4.78, 5) is 23.1. The molecule has 1 aromatic rings. The quantitative estimate of drug-likeness (QED) is 0.764. The Hall–Kier alpha value is -1.46. The Bertz CT molecular complexity index is 549. The van der Waals surface area contributed by atoms with Crippen molar-refractivity contribution in [1.29, 1.82) is 0 Å². The van der Waals surface area contributed by atoms with Crippen LogP contribution in [0.1, 0.15) is 25.8 Å². The average molecular weight is 333 g/mol. The van der Waals surface area contributed by atoms with Crippen molar-refractivity contribution < 1.29 is 14.7 Å². The van der Waals surface area contributed by atoms with E-state index in [1.807, 2.05) is 6.92 Å². The zero-order valence-corrected chi connectivity index (χ0v) is 13.5. The minimum absolute atomic E-state index is 0.197. The summed E-state index contributed by atoms with van der Waals surface area (Å²) in [7, 11) is 0. The number of rotatable bonds is 5. The van der Waals surface area contributed by atoms with E-state index in [9.17, 15) is 9.59 Å². The molecule has 2 atom stereocenters. The summed E-state index contributed by atoms with van der Waals surface area (Å²) >= 11 is 12.1. The fourth-order valence-corrected chi connectivity index (χ4v) is 2.21. The van der Waals surface area contributed by atoms with Gasteiger partial charge in [0.2, 0.25) is 0 Å². The van der Waals surface area contributed by atoms with E-state index < -0.39 is 18.0 Å². The van der Waals surface area contributed by atoms with Crippen LogP contribution < -0.4 is 10.6 Å². The summed E-state index contributed by atoms with van der Waals surface area (Å²) in [6.07, 6.45) is 0.628. The molecule has 3 N–H and O–H groups in total. The number of benzene rings is 1. The summed E-state index contributed by atoms with van der Waals surface area (Å²) in [5.41, 5.74) is 1.03. The molecular formula is C14H18Cl2N2O3. The third-order valence-corrected chi connectivity index (χ3v) is 4.09. The first kappa shape index (κ1) is 17.6. The molecule has 0 aromatic heterocycles. The maximum absolute atomic E-state index is 12.0. The molecule has 0 radical (unpaired) electrons. The molecule has 2 unspecified atom stereocenters. The first-order chi connectivity index (χ1) is 9.77. The molecular weight excluding hydrogens is 315 g/mol. The number of hydrogen-bond donors (Lipinski definition) is 3. The van der Waals surface area contributed by atoms with Gasteiger partial charge in [0.15, 0.2) is 0 Å². The molecule has 0 aliphatic carbocycles. The predicted molar refractivity (Wildman–Crippen MR) is 84.2 cm³/mol. The molecule has 2 amide bonds. The standard InChI is InChI=1S/C14H18Cl2N2O3/c1-4-7(2)11(13(19)20)17-14(21)18-12-9(15)6-5-8(3)10(12)16/h5-7,11H,4H2,1-3H3,(H,19,20)(H2,17,18,21). The van der Waals surface area contributed by atoms with Gasteiger partial charge in [0.05, 0.1) is 15.7 Å². The number of carbonyl (C=O) groups excluding carboxylic acids is 1. The highest BCUT2D eigenvalue weighted by atomic mass is 35.5. The van der Waals surface area contributed by atoms with Crippen molar-refractivity contribution in [3.05, 3.63) is 27.7 Å². The second kappa shape index (κ2) is 7.52. The number of aliphatic carboxylic acids is 1. The number of aryl methyl sites for hydroxylation is 1. The molecule has 0 fully saturated rings. The van der Waals surface area contributed by atoms with Gasteiger partial charge < -0.3 is 15.7 Å². The average Bonchev–Trinajstić information content (AvgIpc) is 2.44. The number of nitrogens with one attached hydrogen (secondary N) is 2. The van der Waals surface area contributed by atoms with Gasteiger partial charge in [-0.05, 0) is 24.5 Å². The number of carbonyl (C=O) groups is 2. The minimum Gasteiger partial charge on any atom is -0.480 e. The Kier molecular flexibility index (Phi) is 6.30. The lowest BCUT2D eigenvalue weighted by Gasteiger charge is -2.21. The van der Waals surface area contributed by atoms with E-state index in [2.05, 4.69) is 10.6 Å². The highest BCUT2D eigenvalue weighted by molar-refractivity contribution is 6.40. The van der Waals surface area contributed by atoms with Crippen LogP contribution in [0.25, 0.3) is 0 Å². The number of carboxylic acid groups (broad SMARTS) is 1. The maximum atomic E-state index is 12.0. The fraction of sp³-hybridized carbons (Fsp3) is 0.429. The molecule has 116 valence electrons. The van der Waals surface area contributed by atoms with Gasteiger partial charge in [-0.15, -0.1) is 0 Å². The number of amides is 2. The lowest BCUT2D eigenvalue weighted by atomic mass is 9.99. The number of urea groups is 1. The normalized spacial score (nSPS) is 13.4. The van der Waals surface area contributed by atoms with Crippen LogP contribution in [0.15, 0.2) is 12.1 Å². The fourth-order valence-electron chi connectivity index (χ4n) is 1.75. The van der Waals surface area contributed by atoms with E-state index in [-0.39, 0.29) is 16.6 Å². The van der Waals surface area contributed by atoms with Crippen molar-refractivity contribution in [3.63, 3.8) is 0 Å².